The van der Waals surface area contributed by atoms with Gasteiger partial charge < -0.3 is 19.5 Å². The highest BCUT2D eigenvalue weighted by molar-refractivity contribution is 6.33. The van der Waals surface area contributed by atoms with Gasteiger partial charge in [-0.2, -0.15) is 0 Å². The van der Waals surface area contributed by atoms with Crippen LogP contribution >= 0.6 is 11.6 Å². The molecule has 0 aliphatic carbocycles. The Morgan fingerprint density at radius 2 is 1.92 bits per heavy atom. The molecule has 0 amide bonds. The maximum absolute atomic E-state index is 14.2. The Hall–Kier alpha value is -2.47. The Morgan fingerprint density at radius 1 is 1.17 bits per heavy atom. The Morgan fingerprint density at radius 3 is 2.54 bits per heavy atom. The van der Waals surface area contributed by atoms with E-state index in [1.54, 1.807) is 26.4 Å². The first-order chi connectivity index (χ1) is 11.5. The van der Waals surface area contributed by atoms with Crippen molar-refractivity contribution in [3.05, 3.63) is 52.3 Å². The average Bonchev–Trinajstić information content (AvgIpc) is 2.61. The van der Waals surface area contributed by atoms with Crippen molar-refractivity contribution in [1.29, 1.82) is 0 Å². The van der Waals surface area contributed by atoms with Crippen molar-refractivity contribution in [2.24, 2.45) is 0 Å². The summed E-state index contributed by atoms with van der Waals surface area (Å²) in [4.78, 5) is 11.5. The van der Waals surface area contributed by atoms with E-state index in [0.29, 0.717) is 18.0 Å². The molecule has 0 radical (unpaired) electrons. The molecule has 5 nitrogen and oxygen atoms in total. The third-order valence-electron chi connectivity index (χ3n) is 3.43. The van der Waals surface area contributed by atoms with Gasteiger partial charge in [-0.25, -0.2) is 9.18 Å². The zero-order chi connectivity index (χ0) is 17.7. The Kier molecular flexibility index (Phi) is 5.87. The smallest absolute Gasteiger partial charge is 0.339 e. The summed E-state index contributed by atoms with van der Waals surface area (Å²) in [6, 6.07) is 7.72. The van der Waals surface area contributed by atoms with E-state index in [2.05, 4.69) is 10.1 Å². The minimum atomic E-state index is -0.692. The Balaban J connectivity index is 2.21. The van der Waals surface area contributed by atoms with E-state index in [1.807, 2.05) is 6.07 Å². The molecule has 0 atom stereocenters. The normalized spacial score (nSPS) is 10.2. The second kappa shape index (κ2) is 7.88. The molecule has 0 saturated heterocycles. The summed E-state index contributed by atoms with van der Waals surface area (Å²) in [5, 5.41) is 3.04. The molecule has 0 fully saturated rings. The van der Waals surface area contributed by atoms with E-state index in [9.17, 15) is 9.18 Å². The number of hydrogen-bond donors (Lipinski definition) is 1. The minimum Gasteiger partial charge on any atom is -0.497 e. The van der Waals surface area contributed by atoms with Gasteiger partial charge in [0.05, 0.1) is 37.6 Å². The molecule has 2 aromatic rings. The standard InChI is InChI=1S/C17H17ClFNO4/c1-22-11-5-4-10(16(6-11)23-2)9-20-15-8-13(18)12(7-14(15)19)17(21)24-3/h4-8,20H,9H2,1-3H3. The first-order valence-corrected chi connectivity index (χ1v) is 7.40. The topological polar surface area (TPSA) is 56.8 Å². The predicted molar refractivity (Wildman–Crippen MR) is 89.6 cm³/mol. The number of esters is 1. The number of hydrogen-bond acceptors (Lipinski definition) is 5. The number of carbonyl (C=O) groups is 1. The molecule has 2 rings (SSSR count). The summed E-state index contributed by atoms with van der Waals surface area (Å²) in [5.41, 5.74) is 0.959. The quantitative estimate of drug-likeness (QED) is 0.798. The molecule has 24 heavy (non-hydrogen) atoms. The number of ether oxygens (including phenoxy) is 3. The summed E-state index contributed by atoms with van der Waals surface area (Å²) in [5.74, 6) is -0.0265. The van der Waals surface area contributed by atoms with Crippen LogP contribution in [0.1, 0.15) is 15.9 Å². The lowest BCUT2D eigenvalue weighted by atomic mass is 10.1. The van der Waals surface area contributed by atoms with Gasteiger partial charge in [0.1, 0.15) is 17.3 Å². The van der Waals surface area contributed by atoms with Gasteiger partial charge in [-0.1, -0.05) is 11.6 Å². The molecule has 0 heterocycles. The maximum Gasteiger partial charge on any atom is 0.339 e. The maximum atomic E-state index is 14.2. The molecular formula is C17H17ClFNO4. The summed E-state index contributed by atoms with van der Waals surface area (Å²) in [6.45, 7) is 0.304. The Labute approximate surface area is 144 Å². The molecule has 0 aliphatic rings. The van der Waals surface area contributed by atoms with Gasteiger partial charge in [0.2, 0.25) is 0 Å². The van der Waals surface area contributed by atoms with Crippen molar-refractivity contribution in [3.8, 4) is 11.5 Å². The highest BCUT2D eigenvalue weighted by Gasteiger charge is 2.15. The number of methoxy groups -OCH3 is 3. The fraction of sp³-hybridized carbons (Fsp3) is 0.235. The van der Waals surface area contributed by atoms with Crippen LogP contribution in [0.5, 0.6) is 11.5 Å². The van der Waals surface area contributed by atoms with Gasteiger partial charge in [0.15, 0.2) is 0 Å². The van der Waals surface area contributed by atoms with Crippen molar-refractivity contribution in [2.45, 2.75) is 6.54 Å². The number of anilines is 1. The van der Waals surface area contributed by atoms with E-state index in [-0.39, 0.29) is 16.3 Å². The number of carbonyl (C=O) groups excluding carboxylic acids is 1. The van der Waals surface area contributed by atoms with Crippen molar-refractivity contribution in [3.63, 3.8) is 0 Å². The van der Waals surface area contributed by atoms with Crippen molar-refractivity contribution in [1.82, 2.24) is 0 Å². The van der Waals surface area contributed by atoms with E-state index in [4.69, 9.17) is 21.1 Å². The largest absolute Gasteiger partial charge is 0.497 e. The molecular weight excluding hydrogens is 337 g/mol. The first-order valence-electron chi connectivity index (χ1n) is 7.02. The van der Waals surface area contributed by atoms with Crippen LogP contribution in [0.3, 0.4) is 0 Å². The first kappa shape index (κ1) is 17.9. The van der Waals surface area contributed by atoms with Crippen molar-refractivity contribution in [2.75, 3.05) is 26.6 Å². The van der Waals surface area contributed by atoms with Crippen LogP contribution < -0.4 is 14.8 Å². The van der Waals surface area contributed by atoms with E-state index in [0.717, 1.165) is 11.6 Å². The highest BCUT2D eigenvalue weighted by atomic mass is 35.5. The lowest BCUT2D eigenvalue weighted by Crippen LogP contribution is -2.07. The van der Waals surface area contributed by atoms with Crippen LogP contribution in [0, 0.1) is 5.82 Å². The fourth-order valence-corrected chi connectivity index (χ4v) is 2.38. The van der Waals surface area contributed by atoms with Crippen LogP contribution in [0.4, 0.5) is 10.1 Å². The summed E-state index contributed by atoms with van der Waals surface area (Å²) in [7, 11) is 4.31. The molecule has 0 bridgehead atoms. The van der Waals surface area contributed by atoms with Gasteiger partial charge in [0, 0.05) is 18.2 Å². The van der Waals surface area contributed by atoms with Crippen LogP contribution in [-0.2, 0) is 11.3 Å². The van der Waals surface area contributed by atoms with Crippen LogP contribution in [0.25, 0.3) is 0 Å². The third-order valence-corrected chi connectivity index (χ3v) is 3.74. The molecule has 0 unspecified atom stereocenters. The van der Waals surface area contributed by atoms with Crippen molar-refractivity contribution < 1.29 is 23.4 Å². The lowest BCUT2D eigenvalue weighted by molar-refractivity contribution is 0.0600. The molecule has 2 aromatic carbocycles. The van der Waals surface area contributed by atoms with Crippen molar-refractivity contribution >= 4 is 23.3 Å². The number of halogens is 2. The van der Waals surface area contributed by atoms with E-state index in [1.165, 1.54) is 13.2 Å². The number of rotatable bonds is 6. The summed E-state index contributed by atoms with van der Waals surface area (Å²) >= 11 is 6.01. The highest BCUT2D eigenvalue weighted by Crippen LogP contribution is 2.28. The lowest BCUT2D eigenvalue weighted by Gasteiger charge is -2.13. The van der Waals surface area contributed by atoms with Gasteiger partial charge in [-0.15, -0.1) is 0 Å². The second-order valence-corrected chi connectivity index (χ2v) is 5.24. The zero-order valence-corrected chi connectivity index (χ0v) is 14.2. The van der Waals surface area contributed by atoms with Crippen LogP contribution in [0.15, 0.2) is 30.3 Å². The van der Waals surface area contributed by atoms with Gasteiger partial charge in [-0.3, -0.25) is 0 Å². The Bertz CT molecular complexity index is 752. The SMILES string of the molecule is COC(=O)c1cc(F)c(NCc2ccc(OC)cc2OC)cc1Cl. The minimum absolute atomic E-state index is 0.0238. The third kappa shape index (κ3) is 3.89. The van der Waals surface area contributed by atoms with Crippen LogP contribution in [0.2, 0.25) is 5.02 Å². The molecule has 0 spiro atoms. The van der Waals surface area contributed by atoms with Gasteiger partial charge in [-0.05, 0) is 24.3 Å². The van der Waals surface area contributed by atoms with E-state index >= 15 is 0 Å². The fourth-order valence-electron chi connectivity index (χ4n) is 2.14. The van der Waals surface area contributed by atoms with Crippen LogP contribution in [-0.4, -0.2) is 27.3 Å². The average molecular weight is 354 g/mol. The molecule has 128 valence electrons. The number of nitrogens with one attached hydrogen (secondary N) is 1. The molecule has 1 N–H and O–H groups in total. The van der Waals surface area contributed by atoms with Gasteiger partial charge in [0.25, 0.3) is 0 Å². The zero-order valence-electron chi connectivity index (χ0n) is 13.5. The number of benzene rings is 2. The molecule has 0 aliphatic heterocycles. The molecule has 0 aromatic heterocycles. The molecule has 7 heteroatoms. The summed E-state index contributed by atoms with van der Waals surface area (Å²) in [6.07, 6.45) is 0. The monoisotopic (exact) mass is 353 g/mol. The summed E-state index contributed by atoms with van der Waals surface area (Å²) < 4.78 is 29.1. The van der Waals surface area contributed by atoms with Gasteiger partial charge >= 0.3 is 5.97 Å². The van der Waals surface area contributed by atoms with E-state index < -0.39 is 11.8 Å². The predicted octanol–water partition coefficient (Wildman–Crippen LogP) is 3.90. The molecule has 0 saturated carbocycles. The second-order valence-electron chi connectivity index (χ2n) is 4.83.